The van der Waals surface area contributed by atoms with Gasteiger partial charge in [0.15, 0.2) is 0 Å². The Morgan fingerprint density at radius 3 is 2.33 bits per heavy atom. The third kappa shape index (κ3) is 4.47. The number of carbonyl (C=O) groups is 2. The van der Waals surface area contributed by atoms with Crippen LogP contribution in [0, 0.1) is 0 Å². The van der Waals surface area contributed by atoms with Crippen LogP contribution in [0.2, 0.25) is 0 Å². The van der Waals surface area contributed by atoms with Crippen molar-refractivity contribution in [1.29, 1.82) is 0 Å². The van der Waals surface area contributed by atoms with E-state index in [-0.39, 0.29) is 16.8 Å². The maximum absolute atomic E-state index is 13.2. The number of hydrogen-bond acceptors (Lipinski definition) is 5. The molecule has 0 aliphatic carbocycles. The van der Waals surface area contributed by atoms with E-state index in [4.69, 9.17) is 4.74 Å². The highest BCUT2D eigenvalue weighted by atomic mass is 32.2. The van der Waals surface area contributed by atoms with Crippen LogP contribution in [0.1, 0.15) is 40.1 Å². The standard InChI is InChI=1S/C25H24N2O5S/c1-3-32-25(29)18-9-12-21(13-10-18)26-24(28)19-11-14-23-20(16-19)15-17(2)27(23)33(30,31)22-7-5-4-6-8-22/h4-14,16-17H,3,15H2,1-2H3,(H,26,28)/t17-/m1/s1. The first-order valence-corrected chi connectivity index (χ1v) is 12.1. The molecule has 0 aromatic heterocycles. The van der Waals surface area contributed by atoms with E-state index >= 15 is 0 Å². The third-order valence-electron chi connectivity index (χ3n) is 5.45. The number of sulfonamides is 1. The van der Waals surface area contributed by atoms with Crippen LogP contribution in [-0.2, 0) is 21.2 Å². The molecule has 0 saturated carbocycles. The minimum absolute atomic E-state index is 0.234. The number of nitrogens with zero attached hydrogens (tertiary/aromatic N) is 1. The molecule has 0 spiro atoms. The Morgan fingerprint density at radius 1 is 1.00 bits per heavy atom. The van der Waals surface area contributed by atoms with Crippen molar-refractivity contribution in [1.82, 2.24) is 0 Å². The van der Waals surface area contributed by atoms with Crippen molar-refractivity contribution in [2.45, 2.75) is 31.2 Å². The lowest BCUT2D eigenvalue weighted by Gasteiger charge is -2.24. The lowest BCUT2D eigenvalue weighted by molar-refractivity contribution is 0.0526. The zero-order valence-electron chi connectivity index (χ0n) is 18.3. The van der Waals surface area contributed by atoms with E-state index < -0.39 is 16.0 Å². The molecule has 3 aromatic carbocycles. The Balaban J connectivity index is 1.54. The number of hydrogen-bond donors (Lipinski definition) is 1. The molecule has 1 aliphatic rings. The summed E-state index contributed by atoms with van der Waals surface area (Å²) in [7, 11) is -3.70. The molecule has 1 N–H and O–H groups in total. The van der Waals surface area contributed by atoms with Crippen molar-refractivity contribution in [3.05, 3.63) is 89.5 Å². The first kappa shape index (κ1) is 22.5. The zero-order chi connectivity index (χ0) is 23.6. The molecule has 33 heavy (non-hydrogen) atoms. The molecule has 4 rings (SSSR count). The van der Waals surface area contributed by atoms with Gasteiger partial charge in [-0.2, -0.15) is 0 Å². The van der Waals surface area contributed by atoms with E-state index in [1.54, 1.807) is 79.7 Å². The van der Waals surface area contributed by atoms with E-state index in [0.717, 1.165) is 5.56 Å². The molecule has 3 aromatic rings. The highest BCUT2D eigenvalue weighted by molar-refractivity contribution is 7.92. The smallest absolute Gasteiger partial charge is 0.338 e. The molecule has 1 heterocycles. The van der Waals surface area contributed by atoms with Crippen LogP contribution in [0.3, 0.4) is 0 Å². The Kier molecular flexibility index (Phi) is 6.20. The van der Waals surface area contributed by atoms with Gasteiger partial charge in [0, 0.05) is 17.3 Å². The van der Waals surface area contributed by atoms with Crippen molar-refractivity contribution in [2.75, 3.05) is 16.2 Å². The van der Waals surface area contributed by atoms with Crippen molar-refractivity contribution < 1.29 is 22.7 Å². The van der Waals surface area contributed by atoms with E-state index in [9.17, 15) is 18.0 Å². The first-order valence-electron chi connectivity index (χ1n) is 10.6. The van der Waals surface area contributed by atoms with Gasteiger partial charge in [-0.3, -0.25) is 9.10 Å². The lowest BCUT2D eigenvalue weighted by Crippen LogP contribution is -2.35. The number of nitrogens with one attached hydrogen (secondary N) is 1. The van der Waals surface area contributed by atoms with Crippen molar-refractivity contribution >= 4 is 33.3 Å². The lowest BCUT2D eigenvalue weighted by atomic mass is 10.1. The fraction of sp³-hybridized carbons (Fsp3) is 0.200. The minimum atomic E-state index is -3.70. The second-order valence-electron chi connectivity index (χ2n) is 7.76. The van der Waals surface area contributed by atoms with Crippen LogP contribution in [0.5, 0.6) is 0 Å². The van der Waals surface area contributed by atoms with Gasteiger partial charge in [0.2, 0.25) is 0 Å². The number of fused-ring (bicyclic) bond motifs is 1. The summed E-state index contributed by atoms with van der Waals surface area (Å²) < 4.78 is 32.8. The highest BCUT2D eigenvalue weighted by Gasteiger charge is 2.36. The molecule has 1 amide bonds. The summed E-state index contributed by atoms with van der Waals surface area (Å²) in [5.41, 5.74) is 2.75. The topological polar surface area (TPSA) is 92.8 Å². The number of esters is 1. The molecule has 8 heteroatoms. The second-order valence-corrected chi connectivity index (χ2v) is 9.58. The van der Waals surface area contributed by atoms with Gasteiger partial charge in [-0.25, -0.2) is 13.2 Å². The summed E-state index contributed by atoms with van der Waals surface area (Å²) in [6.07, 6.45) is 0.511. The number of benzene rings is 3. The van der Waals surface area contributed by atoms with Crippen LogP contribution in [0.4, 0.5) is 11.4 Å². The molecule has 1 aliphatic heterocycles. The molecule has 0 saturated heterocycles. The fourth-order valence-corrected chi connectivity index (χ4v) is 5.64. The average molecular weight is 465 g/mol. The molecule has 1 atom stereocenters. The molecule has 7 nitrogen and oxygen atoms in total. The second kappa shape index (κ2) is 9.07. The molecule has 0 fully saturated rings. The third-order valence-corrected chi connectivity index (χ3v) is 7.39. The predicted molar refractivity (Wildman–Crippen MR) is 126 cm³/mol. The van der Waals surface area contributed by atoms with Gasteiger partial charge in [0.1, 0.15) is 0 Å². The van der Waals surface area contributed by atoms with Crippen molar-refractivity contribution in [3.8, 4) is 0 Å². The van der Waals surface area contributed by atoms with E-state index in [1.807, 2.05) is 6.92 Å². The Bertz CT molecular complexity index is 1290. The molecule has 0 radical (unpaired) electrons. The number of anilines is 2. The first-order chi connectivity index (χ1) is 15.8. The summed E-state index contributed by atoms with van der Waals surface area (Å²) in [5.74, 6) is -0.739. The molecule has 0 unspecified atom stereocenters. The number of ether oxygens (including phenoxy) is 1. The minimum Gasteiger partial charge on any atom is -0.462 e. The van der Waals surface area contributed by atoms with Gasteiger partial charge in [-0.15, -0.1) is 0 Å². The summed E-state index contributed by atoms with van der Waals surface area (Å²) in [6, 6.07) is 19.5. The SMILES string of the molecule is CCOC(=O)c1ccc(NC(=O)c2ccc3c(c2)C[C@@H](C)N3S(=O)(=O)c2ccccc2)cc1. The molecule has 0 bridgehead atoms. The zero-order valence-corrected chi connectivity index (χ0v) is 19.1. The average Bonchev–Trinajstić information content (AvgIpc) is 3.15. The van der Waals surface area contributed by atoms with Gasteiger partial charge >= 0.3 is 5.97 Å². The Morgan fingerprint density at radius 2 is 1.67 bits per heavy atom. The Labute approximate surface area is 193 Å². The largest absolute Gasteiger partial charge is 0.462 e. The van der Waals surface area contributed by atoms with Crippen LogP contribution >= 0.6 is 0 Å². The molecular formula is C25H24N2O5S. The fourth-order valence-electron chi connectivity index (χ4n) is 3.92. The predicted octanol–water partition coefficient (Wildman–Crippen LogP) is 4.26. The van der Waals surface area contributed by atoms with Crippen LogP contribution in [0.25, 0.3) is 0 Å². The summed E-state index contributed by atoms with van der Waals surface area (Å²) in [6.45, 7) is 3.88. The van der Waals surface area contributed by atoms with E-state index in [1.165, 1.54) is 4.31 Å². The quantitative estimate of drug-likeness (QED) is 0.551. The van der Waals surface area contributed by atoms with Gasteiger partial charge < -0.3 is 10.1 Å². The molecule has 170 valence electrons. The normalized spacial score (nSPS) is 15.1. The van der Waals surface area contributed by atoms with E-state index in [2.05, 4.69) is 5.32 Å². The number of rotatable bonds is 6. The van der Waals surface area contributed by atoms with Crippen molar-refractivity contribution in [3.63, 3.8) is 0 Å². The maximum Gasteiger partial charge on any atom is 0.338 e. The van der Waals surface area contributed by atoms with Gasteiger partial charge in [0.25, 0.3) is 15.9 Å². The van der Waals surface area contributed by atoms with E-state index in [0.29, 0.717) is 35.5 Å². The van der Waals surface area contributed by atoms with Gasteiger partial charge in [-0.1, -0.05) is 18.2 Å². The summed E-state index contributed by atoms with van der Waals surface area (Å²) in [4.78, 5) is 24.8. The maximum atomic E-state index is 13.2. The van der Waals surface area contributed by atoms with Crippen LogP contribution in [0.15, 0.2) is 77.7 Å². The highest BCUT2D eigenvalue weighted by Crippen LogP contribution is 2.37. The van der Waals surface area contributed by atoms with Gasteiger partial charge in [0.05, 0.1) is 22.8 Å². The number of amides is 1. The Hall–Kier alpha value is -3.65. The van der Waals surface area contributed by atoms with Crippen molar-refractivity contribution in [2.24, 2.45) is 0 Å². The van der Waals surface area contributed by atoms with Crippen LogP contribution in [-0.4, -0.2) is 32.9 Å². The molecular weight excluding hydrogens is 440 g/mol. The monoisotopic (exact) mass is 464 g/mol. The van der Waals surface area contributed by atoms with Crippen LogP contribution < -0.4 is 9.62 Å². The number of carbonyl (C=O) groups excluding carboxylic acids is 2. The van der Waals surface area contributed by atoms with Gasteiger partial charge in [-0.05, 0) is 80.4 Å². The summed E-state index contributed by atoms with van der Waals surface area (Å²) in [5, 5.41) is 2.80. The summed E-state index contributed by atoms with van der Waals surface area (Å²) >= 11 is 0.